The van der Waals surface area contributed by atoms with Crippen LogP contribution in [0.4, 0.5) is 0 Å². The second-order valence-corrected chi connectivity index (χ2v) is 6.32. The molecule has 0 unspecified atom stereocenters. The van der Waals surface area contributed by atoms with Crippen LogP contribution in [0.1, 0.15) is 46.0 Å². The van der Waals surface area contributed by atoms with Gasteiger partial charge in [-0.05, 0) is 56.5 Å². The minimum Gasteiger partial charge on any atom is -0.464 e. The molecule has 0 N–H and O–H groups in total. The van der Waals surface area contributed by atoms with Crippen LogP contribution >= 0.6 is 0 Å². The average Bonchev–Trinajstić information content (AvgIpc) is 2.80. The van der Waals surface area contributed by atoms with Gasteiger partial charge >= 0.3 is 5.97 Å². The number of carbonyl (C=O) groups excluding carboxylic acids is 1. The van der Waals surface area contributed by atoms with Gasteiger partial charge in [-0.1, -0.05) is 20.3 Å². The molecule has 1 heterocycles. The fourth-order valence-electron chi connectivity index (χ4n) is 3.34. The molecule has 1 aliphatic heterocycles. The van der Waals surface area contributed by atoms with Gasteiger partial charge in [0, 0.05) is 0 Å². The highest BCUT2D eigenvalue weighted by Crippen LogP contribution is 2.33. The first-order valence-corrected chi connectivity index (χ1v) is 7.53. The molecule has 0 aromatic rings. The van der Waals surface area contributed by atoms with Crippen LogP contribution in [0, 0.1) is 17.8 Å². The summed E-state index contributed by atoms with van der Waals surface area (Å²) in [4.78, 5) is 14.0. The van der Waals surface area contributed by atoms with E-state index >= 15 is 0 Å². The molecule has 2 rings (SSSR count). The summed E-state index contributed by atoms with van der Waals surface area (Å²) in [5, 5.41) is 0. The van der Waals surface area contributed by atoms with Crippen molar-refractivity contribution in [3.63, 3.8) is 0 Å². The van der Waals surface area contributed by atoms with Gasteiger partial charge in [0.15, 0.2) is 0 Å². The number of likely N-dealkylation sites (tertiary alicyclic amines) is 1. The topological polar surface area (TPSA) is 29.5 Å². The minimum absolute atomic E-state index is 0.0253. The lowest BCUT2D eigenvalue weighted by Gasteiger charge is -2.32. The molecule has 2 fully saturated rings. The Labute approximate surface area is 111 Å². The maximum absolute atomic E-state index is 11.7. The molecule has 0 bridgehead atoms. The number of rotatable bonds is 4. The third kappa shape index (κ3) is 3.98. The Kier molecular flexibility index (Phi) is 5.04. The zero-order chi connectivity index (χ0) is 13.0. The van der Waals surface area contributed by atoms with Gasteiger partial charge in [0.2, 0.25) is 0 Å². The average molecular weight is 253 g/mol. The Morgan fingerprint density at radius 1 is 1.22 bits per heavy atom. The van der Waals surface area contributed by atoms with Gasteiger partial charge in [-0.3, -0.25) is 9.69 Å². The highest BCUT2D eigenvalue weighted by Gasteiger charge is 2.26. The van der Waals surface area contributed by atoms with E-state index < -0.39 is 0 Å². The molecule has 104 valence electrons. The predicted octanol–water partition coefficient (Wildman–Crippen LogP) is 2.70. The molecule has 3 heteroatoms. The summed E-state index contributed by atoms with van der Waals surface area (Å²) < 4.78 is 5.47. The van der Waals surface area contributed by atoms with Crippen LogP contribution in [-0.4, -0.2) is 37.1 Å². The van der Waals surface area contributed by atoms with Crippen LogP contribution < -0.4 is 0 Å². The lowest BCUT2D eigenvalue weighted by Crippen LogP contribution is -2.31. The quantitative estimate of drug-likeness (QED) is 0.721. The fourth-order valence-corrected chi connectivity index (χ4v) is 3.34. The third-order valence-electron chi connectivity index (χ3n) is 4.62. The highest BCUT2D eigenvalue weighted by atomic mass is 16.5. The van der Waals surface area contributed by atoms with Crippen molar-refractivity contribution in [2.75, 3.05) is 26.2 Å². The second kappa shape index (κ2) is 6.55. The summed E-state index contributed by atoms with van der Waals surface area (Å²) in [7, 11) is 0. The Bertz CT molecular complexity index is 274. The van der Waals surface area contributed by atoms with Crippen LogP contribution in [0.2, 0.25) is 0 Å². The van der Waals surface area contributed by atoms with Gasteiger partial charge in [0.25, 0.3) is 0 Å². The summed E-state index contributed by atoms with van der Waals surface area (Å²) in [5.41, 5.74) is 0. The van der Waals surface area contributed by atoms with E-state index in [0.717, 1.165) is 19.0 Å². The first-order valence-electron chi connectivity index (χ1n) is 7.53. The van der Waals surface area contributed by atoms with E-state index in [1.54, 1.807) is 0 Å². The summed E-state index contributed by atoms with van der Waals surface area (Å²) in [6.07, 6.45) is 6.25. The van der Waals surface area contributed by atoms with Crippen molar-refractivity contribution >= 4 is 5.97 Å². The van der Waals surface area contributed by atoms with Gasteiger partial charge in [0.1, 0.15) is 0 Å². The highest BCUT2D eigenvalue weighted by molar-refractivity contribution is 5.71. The molecule has 1 saturated heterocycles. The molecule has 1 saturated carbocycles. The van der Waals surface area contributed by atoms with Crippen molar-refractivity contribution in [1.82, 2.24) is 4.90 Å². The molecule has 1 aliphatic carbocycles. The van der Waals surface area contributed by atoms with Crippen LogP contribution in [0.3, 0.4) is 0 Å². The fraction of sp³-hybridized carbons (Fsp3) is 0.933. The zero-order valence-electron chi connectivity index (χ0n) is 11.9. The summed E-state index contributed by atoms with van der Waals surface area (Å²) in [6.45, 7) is 7.89. The van der Waals surface area contributed by atoms with Gasteiger partial charge in [0.05, 0.1) is 13.2 Å². The monoisotopic (exact) mass is 253 g/mol. The maximum Gasteiger partial charge on any atom is 0.320 e. The number of nitrogens with zero attached hydrogens (tertiary/aromatic N) is 1. The summed E-state index contributed by atoms with van der Waals surface area (Å²) in [5.74, 6) is 2.11. The van der Waals surface area contributed by atoms with Crippen LogP contribution in [0.25, 0.3) is 0 Å². The minimum atomic E-state index is -0.0253. The van der Waals surface area contributed by atoms with E-state index in [2.05, 4.69) is 18.7 Å². The lowest BCUT2D eigenvalue weighted by molar-refractivity contribution is -0.147. The summed E-state index contributed by atoms with van der Waals surface area (Å²) in [6, 6.07) is 0. The van der Waals surface area contributed by atoms with E-state index in [0.29, 0.717) is 25.0 Å². The van der Waals surface area contributed by atoms with Crippen molar-refractivity contribution in [1.29, 1.82) is 0 Å². The molecule has 2 aliphatic rings. The molecule has 3 atom stereocenters. The first kappa shape index (κ1) is 13.9. The van der Waals surface area contributed by atoms with Crippen LogP contribution in [0.5, 0.6) is 0 Å². The first-order chi connectivity index (χ1) is 8.65. The van der Waals surface area contributed by atoms with E-state index in [1.807, 2.05) is 0 Å². The smallest absolute Gasteiger partial charge is 0.320 e. The van der Waals surface area contributed by atoms with E-state index in [9.17, 15) is 4.79 Å². The molecule has 0 spiro atoms. The molecule has 0 aromatic carbocycles. The Hall–Kier alpha value is -0.570. The Morgan fingerprint density at radius 3 is 2.61 bits per heavy atom. The Balaban J connectivity index is 1.65. The number of esters is 1. The number of carbonyl (C=O) groups is 1. The van der Waals surface area contributed by atoms with Crippen molar-refractivity contribution in [3.05, 3.63) is 0 Å². The number of ether oxygens (including phenoxy) is 1. The molecule has 0 amide bonds. The van der Waals surface area contributed by atoms with Crippen molar-refractivity contribution in [3.8, 4) is 0 Å². The maximum atomic E-state index is 11.7. The predicted molar refractivity (Wildman–Crippen MR) is 72.3 cm³/mol. The SMILES string of the molecule is C[C@@H]1CC[C@H](COC(=O)CN2CCCC2)[C@@H](C)C1. The largest absolute Gasteiger partial charge is 0.464 e. The van der Waals surface area contributed by atoms with Crippen LogP contribution in [-0.2, 0) is 9.53 Å². The standard InChI is InChI=1S/C15H27NO2/c1-12-5-6-14(13(2)9-12)11-18-15(17)10-16-7-3-4-8-16/h12-14H,3-11H2,1-2H3/t12-,13+,14-/m1/s1. The van der Waals surface area contributed by atoms with Crippen LogP contribution in [0.15, 0.2) is 0 Å². The number of hydrogen-bond acceptors (Lipinski definition) is 3. The van der Waals surface area contributed by atoms with E-state index in [-0.39, 0.29) is 5.97 Å². The van der Waals surface area contributed by atoms with Gasteiger partial charge in [-0.2, -0.15) is 0 Å². The van der Waals surface area contributed by atoms with Gasteiger partial charge < -0.3 is 4.74 Å². The molecule has 3 nitrogen and oxygen atoms in total. The Morgan fingerprint density at radius 2 is 1.94 bits per heavy atom. The molecule has 18 heavy (non-hydrogen) atoms. The number of hydrogen-bond donors (Lipinski definition) is 0. The zero-order valence-corrected chi connectivity index (χ0v) is 11.9. The van der Waals surface area contributed by atoms with Gasteiger partial charge in [-0.25, -0.2) is 0 Å². The summed E-state index contributed by atoms with van der Waals surface area (Å²) >= 11 is 0. The molecular weight excluding hydrogens is 226 g/mol. The van der Waals surface area contributed by atoms with E-state index in [1.165, 1.54) is 32.1 Å². The molecular formula is C15H27NO2. The van der Waals surface area contributed by atoms with E-state index in [4.69, 9.17) is 4.74 Å². The molecule has 0 radical (unpaired) electrons. The van der Waals surface area contributed by atoms with Crippen molar-refractivity contribution in [2.45, 2.75) is 46.0 Å². The van der Waals surface area contributed by atoms with Crippen molar-refractivity contribution in [2.24, 2.45) is 17.8 Å². The third-order valence-corrected chi connectivity index (χ3v) is 4.62. The van der Waals surface area contributed by atoms with Crippen molar-refractivity contribution < 1.29 is 9.53 Å². The van der Waals surface area contributed by atoms with Gasteiger partial charge in [-0.15, -0.1) is 0 Å². The lowest BCUT2D eigenvalue weighted by atomic mass is 9.76. The second-order valence-electron chi connectivity index (χ2n) is 6.32. The normalized spacial score (nSPS) is 33.6. The molecule has 0 aromatic heterocycles.